The van der Waals surface area contributed by atoms with Gasteiger partial charge in [-0.3, -0.25) is 0 Å². The monoisotopic (exact) mass is 234 g/mol. The average molecular weight is 234 g/mol. The molecule has 1 aliphatic rings. The van der Waals surface area contributed by atoms with Crippen LogP contribution in [0.3, 0.4) is 0 Å². The van der Waals surface area contributed by atoms with Crippen LogP contribution in [-0.2, 0) is 0 Å². The van der Waals surface area contributed by atoms with E-state index in [1.54, 1.807) is 6.20 Å². The van der Waals surface area contributed by atoms with Crippen LogP contribution in [0.5, 0.6) is 5.75 Å². The third-order valence-electron chi connectivity index (χ3n) is 3.47. The van der Waals surface area contributed by atoms with E-state index in [1.807, 2.05) is 26.0 Å². The van der Waals surface area contributed by atoms with Crippen LogP contribution in [0, 0.1) is 5.41 Å². The zero-order valence-corrected chi connectivity index (χ0v) is 11.0. The lowest BCUT2D eigenvalue weighted by Crippen LogP contribution is -2.16. The van der Waals surface area contributed by atoms with Crippen molar-refractivity contribution in [2.45, 2.75) is 46.1 Å². The lowest BCUT2D eigenvalue weighted by atomic mass is 10.0. The molecule has 1 N–H and O–H groups in total. The smallest absolute Gasteiger partial charge is 0.168 e. The van der Waals surface area contributed by atoms with E-state index in [9.17, 15) is 0 Å². The fourth-order valence-electron chi connectivity index (χ4n) is 1.98. The minimum absolute atomic E-state index is 0.181. The van der Waals surface area contributed by atoms with Crippen molar-refractivity contribution in [1.29, 1.82) is 0 Å². The second-order valence-electron chi connectivity index (χ2n) is 5.22. The maximum Gasteiger partial charge on any atom is 0.168 e. The second kappa shape index (κ2) is 4.94. The highest BCUT2D eigenvalue weighted by molar-refractivity contribution is 5.49. The van der Waals surface area contributed by atoms with Crippen molar-refractivity contribution in [1.82, 2.24) is 4.98 Å². The first-order chi connectivity index (χ1) is 8.15. The van der Waals surface area contributed by atoms with E-state index >= 15 is 0 Å². The van der Waals surface area contributed by atoms with Crippen LogP contribution in [0.1, 0.15) is 40.0 Å². The van der Waals surface area contributed by atoms with E-state index in [4.69, 9.17) is 4.74 Å². The third kappa shape index (κ3) is 3.11. The molecule has 0 atom stereocenters. The Hall–Kier alpha value is -1.25. The lowest BCUT2D eigenvalue weighted by Gasteiger charge is -2.17. The molecule has 1 aromatic rings. The molecule has 1 fully saturated rings. The summed E-state index contributed by atoms with van der Waals surface area (Å²) in [5, 5.41) is 3.44. The number of hydrogen-bond donors (Lipinski definition) is 1. The van der Waals surface area contributed by atoms with Gasteiger partial charge in [-0.05, 0) is 50.7 Å². The zero-order chi connectivity index (χ0) is 12.3. The predicted molar refractivity (Wildman–Crippen MR) is 70.4 cm³/mol. The standard InChI is InChI=1S/C14H22N2O/c1-4-14(7-8-14)10-16-13-12(17-11(2)3)6-5-9-15-13/h5-6,9,11H,4,7-8,10H2,1-3H3,(H,15,16). The first-order valence-electron chi connectivity index (χ1n) is 6.51. The molecule has 0 amide bonds. The first kappa shape index (κ1) is 12.2. The maximum absolute atomic E-state index is 5.74. The molecule has 3 heteroatoms. The quantitative estimate of drug-likeness (QED) is 0.818. The molecule has 3 nitrogen and oxygen atoms in total. The molecular weight excluding hydrogens is 212 g/mol. The van der Waals surface area contributed by atoms with Gasteiger partial charge in [-0.2, -0.15) is 0 Å². The number of nitrogens with zero attached hydrogens (tertiary/aromatic N) is 1. The lowest BCUT2D eigenvalue weighted by molar-refractivity contribution is 0.242. The highest BCUT2D eigenvalue weighted by Crippen LogP contribution is 2.48. The number of nitrogens with one attached hydrogen (secondary N) is 1. The Morgan fingerprint density at radius 1 is 1.47 bits per heavy atom. The topological polar surface area (TPSA) is 34.2 Å². The molecule has 1 aromatic heterocycles. The van der Waals surface area contributed by atoms with Gasteiger partial charge >= 0.3 is 0 Å². The van der Waals surface area contributed by atoms with Gasteiger partial charge < -0.3 is 10.1 Å². The van der Waals surface area contributed by atoms with E-state index < -0.39 is 0 Å². The van der Waals surface area contributed by atoms with Crippen molar-refractivity contribution >= 4 is 5.82 Å². The van der Waals surface area contributed by atoms with Gasteiger partial charge in [-0.15, -0.1) is 0 Å². The third-order valence-corrected chi connectivity index (χ3v) is 3.47. The summed E-state index contributed by atoms with van der Waals surface area (Å²) in [6.45, 7) is 7.34. The van der Waals surface area contributed by atoms with E-state index in [0.717, 1.165) is 18.1 Å². The molecule has 1 aliphatic carbocycles. The Morgan fingerprint density at radius 2 is 2.24 bits per heavy atom. The molecule has 0 unspecified atom stereocenters. The van der Waals surface area contributed by atoms with Crippen LogP contribution in [0.25, 0.3) is 0 Å². The van der Waals surface area contributed by atoms with E-state index in [2.05, 4.69) is 17.2 Å². The van der Waals surface area contributed by atoms with Gasteiger partial charge in [0.1, 0.15) is 0 Å². The van der Waals surface area contributed by atoms with E-state index in [1.165, 1.54) is 19.3 Å². The molecule has 1 heterocycles. The van der Waals surface area contributed by atoms with Gasteiger partial charge in [0, 0.05) is 12.7 Å². The predicted octanol–water partition coefficient (Wildman–Crippen LogP) is 3.47. The zero-order valence-electron chi connectivity index (χ0n) is 11.0. The van der Waals surface area contributed by atoms with Crippen LogP contribution < -0.4 is 10.1 Å². The summed E-state index contributed by atoms with van der Waals surface area (Å²) < 4.78 is 5.74. The van der Waals surface area contributed by atoms with E-state index in [-0.39, 0.29) is 6.10 Å². The number of rotatable bonds is 6. The van der Waals surface area contributed by atoms with Gasteiger partial charge in [0.25, 0.3) is 0 Å². The molecule has 1 saturated carbocycles. The highest BCUT2D eigenvalue weighted by atomic mass is 16.5. The largest absolute Gasteiger partial charge is 0.487 e. The Morgan fingerprint density at radius 3 is 2.82 bits per heavy atom. The van der Waals surface area contributed by atoms with Crippen LogP contribution in [0.2, 0.25) is 0 Å². The molecule has 94 valence electrons. The molecular formula is C14H22N2O. The molecule has 2 rings (SSSR count). The van der Waals surface area contributed by atoms with Crippen molar-refractivity contribution in [3.63, 3.8) is 0 Å². The highest BCUT2D eigenvalue weighted by Gasteiger charge is 2.40. The summed E-state index contributed by atoms with van der Waals surface area (Å²) in [5.41, 5.74) is 0.520. The van der Waals surface area contributed by atoms with Gasteiger partial charge in [-0.25, -0.2) is 4.98 Å². The summed E-state index contributed by atoms with van der Waals surface area (Å²) >= 11 is 0. The minimum atomic E-state index is 0.181. The van der Waals surface area contributed by atoms with Crippen molar-refractivity contribution in [3.8, 4) is 5.75 Å². The number of ether oxygens (including phenoxy) is 1. The van der Waals surface area contributed by atoms with Crippen LogP contribution >= 0.6 is 0 Å². The number of pyridine rings is 1. The maximum atomic E-state index is 5.74. The molecule has 17 heavy (non-hydrogen) atoms. The molecule has 0 aromatic carbocycles. The van der Waals surface area contributed by atoms with Gasteiger partial charge in [0.15, 0.2) is 11.6 Å². The SMILES string of the molecule is CCC1(CNc2ncccc2OC(C)C)CC1. The first-order valence-corrected chi connectivity index (χ1v) is 6.51. The van der Waals surface area contributed by atoms with Crippen molar-refractivity contribution in [2.75, 3.05) is 11.9 Å². The molecule has 0 aliphatic heterocycles. The van der Waals surface area contributed by atoms with Crippen LogP contribution in [-0.4, -0.2) is 17.6 Å². The summed E-state index contributed by atoms with van der Waals surface area (Å²) in [6, 6.07) is 3.89. The molecule has 0 bridgehead atoms. The average Bonchev–Trinajstić information content (AvgIpc) is 3.08. The van der Waals surface area contributed by atoms with Crippen molar-refractivity contribution in [3.05, 3.63) is 18.3 Å². The minimum Gasteiger partial charge on any atom is -0.487 e. The molecule has 0 saturated heterocycles. The van der Waals surface area contributed by atoms with Crippen molar-refractivity contribution < 1.29 is 4.74 Å². The van der Waals surface area contributed by atoms with Gasteiger partial charge in [0.05, 0.1) is 6.10 Å². The summed E-state index contributed by atoms with van der Waals surface area (Å²) in [4.78, 5) is 4.36. The van der Waals surface area contributed by atoms with E-state index in [0.29, 0.717) is 5.41 Å². The van der Waals surface area contributed by atoms with Gasteiger partial charge in [-0.1, -0.05) is 6.92 Å². The van der Waals surface area contributed by atoms with Crippen LogP contribution in [0.15, 0.2) is 18.3 Å². The van der Waals surface area contributed by atoms with Gasteiger partial charge in [0.2, 0.25) is 0 Å². The number of hydrogen-bond acceptors (Lipinski definition) is 3. The Kier molecular flexibility index (Phi) is 3.55. The Labute approximate surface area is 104 Å². The fourth-order valence-corrected chi connectivity index (χ4v) is 1.98. The Balaban J connectivity index is 1.99. The Bertz CT molecular complexity index is 372. The summed E-state index contributed by atoms with van der Waals surface area (Å²) in [5.74, 6) is 1.73. The molecule has 0 radical (unpaired) electrons. The summed E-state index contributed by atoms with van der Waals surface area (Å²) in [7, 11) is 0. The van der Waals surface area contributed by atoms with Crippen LogP contribution in [0.4, 0.5) is 5.82 Å². The van der Waals surface area contributed by atoms with Crippen molar-refractivity contribution in [2.24, 2.45) is 5.41 Å². The fraction of sp³-hybridized carbons (Fsp3) is 0.643. The molecule has 0 spiro atoms. The second-order valence-corrected chi connectivity index (χ2v) is 5.22. The normalized spacial score (nSPS) is 16.9. The summed E-state index contributed by atoms with van der Waals surface area (Å²) in [6.07, 6.45) is 5.91. The number of anilines is 1. The number of aromatic nitrogens is 1.